The number of benzene rings is 1. The van der Waals surface area contributed by atoms with E-state index in [0.717, 1.165) is 34.9 Å². The van der Waals surface area contributed by atoms with E-state index >= 15 is 0 Å². The molecule has 4 heteroatoms. The Hall–Kier alpha value is -1.32. The molecule has 1 saturated heterocycles. The average Bonchev–Trinajstić information content (AvgIpc) is 3.01. The molecule has 1 aliphatic heterocycles. The Balaban J connectivity index is 1.86. The van der Waals surface area contributed by atoms with E-state index in [4.69, 9.17) is 16.1 Å². The summed E-state index contributed by atoms with van der Waals surface area (Å²) in [4.78, 5) is 0. The van der Waals surface area contributed by atoms with E-state index in [-0.39, 0.29) is 0 Å². The van der Waals surface area contributed by atoms with E-state index in [1.165, 1.54) is 12.8 Å². The Labute approximate surface area is 111 Å². The van der Waals surface area contributed by atoms with Crippen molar-refractivity contribution in [2.75, 3.05) is 6.54 Å². The molecule has 3 nitrogen and oxygen atoms in total. The van der Waals surface area contributed by atoms with Crippen molar-refractivity contribution in [3.63, 3.8) is 0 Å². The predicted molar refractivity (Wildman–Crippen MR) is 71.7 cm³/mol. The molecule has 1 fully saturated rings. The molecule has 1 aromatic carbocycles. The molecule has 18 heavy (non-hydrogen) atoms. The van der Waals surface area contributed by atoms with Crippen molar-refractivity contribution >= 4 is 11.6 Å². The van der Waals surface area contributed by atoms with Gasteiger partial charge in [-0.15, -0.1) is 0 Å². The zero-order valence-electron chi connectivity index (χ0n) is 10.0. The first-order valence-electron chi connectivity index (χ1n) is 6.26. The van der Waals surface area contributed by atoms with Crippen molar-refractivity contribution in [2.24, 2.45) is 0 Å². The molecule has 94 valence electrons. The summed E-state index contributed by atoms with van der Waals surface area (Å²) < 4.78 is 5.39. The van der Waals surface area contributed by atoms with Crippen LogP contribution < -0.4 is 5.32 Å². The van der Waals surface area contributed by atoms with Gasteiger partial charge in [0.25, 0.3) is 0 Å². The maximum atomic E-state index is 6.02. The van der Waals surface area contributed by atoms with Gasteiger partial charge in [0, 0.05) is 23.0 Å². The van der Waals surface area contributed by atoms with Gasteiger partial charge in [-0.05, 0) is 37.1 Å². The molecule has 1 aromatic heterocycles. The van der Waals surface area contributed by atoms with E-state index in [9.17, 15) is 0 Å². The van der Waals surface area contributed by atoms with Crippen LogP contribution in [0.3, 0.4) is 0 Å². The van der Waals surface area contributed by atoms with Crippen molar-refractivity contribution in [3.05, 3.63) is 41.2 Å². The molecule has 1 aliphatic rings. The lowest BCUT2D eigenvalue weighted by Crippen LogP contribution is -2.23. The standard InChI is InChI=1S/C14H15ClN2O/c15-11-4-1-3-10(7-11)13-9-17-18-14(13)8-12-5-2-6-16-12/h1,3-4,7,9,12,16H,2,5-6,8H2. The fourth-order valence-corrected chi connectivity index (χ4v) is 2.65. The zero-order valence-corrected chi connectivity index (χ0v) is 10.8. The number of hydrogen-bond donors (Lipinski definition) is 1. The lowest BCUT2D eigenvalue weighted by molar-refractivity contribution is 0.370. The molecule has 0 radical (unpaired) electrons. The highest BCUT2D eigenvalue weighted by Gasteiger charge is 2.19. The van der Waals surface area contributed by atoms with Gasteiger partial charge >= 0.3 is 0 Å². The average molecular weight is 263 g/mol. The van der Waals surface area contributed by atoms with Gasteiger partial charge in [0.15, 0.2) is 0 Å². The van der Waals surface area contributed by atoms with Crippen molar-refractivity contribution in [2.45, 2.75) is 25.3 Å². The van der Waals surface area contributed by atoms with Crippen LogP contribution in [0.1, 0.15) is 18.6 Å². The number of nitrogens with one attached hydrogen (secondary N) is 1. The van der Waals surface area contributed by atoms with Gasteiger partial charge in [-0.1, -0.05) is 28.9 Å². The van der Waals surface area contributed by atoms with Gasteiger partial charge in [-0.2, -0.15) is 0 Å². The first-order chi connectivity index (χ1) is 8.83. The minimum atomic E-state index is 0.510. The summed E-state index contributed by atoms with van der Waals surface area (Å²) in [6.45, 7) is 1.10. The topological polar surface area (TPSA) is 38.1 Å². The summed E-state index contributed by atoms with van der Waals surface area (Å²) in [5, 5.41) is 8.13. The second-order valence-electron chi connectivity index (χ2n) is 4.67. The largest absolute Gasteiger partial charge is 0.361 e. The minimum absolute atomic E-state index is 0.510. The Kier molecular flexibility index (Phi) is 3.35. The van der Waals surface area contributed by atoms with E-state index < -0.39 is 0 Å². The van der Waals surface area contributed by atoms with E-state index in [1.54, 1.807) is 6.20 Å². The molecular weight excluding hydrogens is 248 g/mol. The number of rotatable bonds is 3. The van der Waals surface area contributed by atoms with Gasteiger partial charge in [-0.25, -0.2) is 0 Å². The fraction of sp³-hybridized carbons (Fsp3) is 0.357. The molecule has 2 heterocycles. The van der Waals surface area contributed by atoms with E-state index in [1.807, 2.05) is 24.3 Å². The summed E-state index contributed by atoms with van der Waals surface area (Å²) in [7, 11) is 0. The lowest BCUT2D eigenvalue weighted by Gasteiger charge is -2.08. The molecule has 0 spiro atoms. The second-order valence-corrected chi connectivity index (χ2v) is 5.11. The van der Waals surface area contributed by atoms with Crippen molar-refractivity contribution < 1.29 is 4.52 Å². The molecule has 1 atom stereocenters. The first-order valence-corrected chi connectivity index (χ1v) is 6.63. The molecular formula is C14H15ClN2O. The summed E-state index contributed by atoms with van der Waals surface area (Å²) in [5.74, 6) is 0.941. The highest BCUT2D eigenvalue weighted by Crippen LogP contribution is 2.27. The number of nitrogens with zero attached hydrogens (tertiary/aromatic N) is 1. The monoisotopic (exact) mass is 262 g/mol. The molecule has 1 unspecified atom stereocenters. The molecule has 0 amide bonds. The van der Waals surface area contributed by atoms with Crippen LogP contribution in [-0.2, 0) is 6.42 Å². The van der Waals surface area contributed by atoms with Gasteiger partial charge in [0.2, 0.25) is 0 Å². The van der Waals surface area contributed by atoms with E-state index in [2.05, 4.69) is 10.5 Å². The smallest absolute Gasteiger partial charge is 0.146 e. The van der Waals surface area contributed by atoms with Crippen molar-refractivity contribution in [3.8, 4) is 11.1 Å². The quantitative estimate of drug-likeness (QED) is 0.922. The Morgan fingerprint density at radius 2 is 2.39 bits per heavy atom. The maximum Gasteiger partial charge on any atom is 0.146 e. The van der Waals surface area contributed by atoms with Crippen molar-refractivity contribution in [1.29, 1.82) is 0 Å². The Morgan fingerprint density at radius 1 is 1.44 bits per heavy atom. The van der Waals surface area contributed by atoms with Crippen LogP contribution in [0.2, 0.25) is 5.02 Å². The number of halogens is 1. The highest BCUT2D eigenvalue weighted by molar-refractivity contribution is 6.30. The number of aromatic nitrogens is 1. The van der Waals surface area contributed by atoms with E-state index in [0.29, 0.717) is 6.04 Å². The first kappa shape index (κ1) is 11.8. The molecule has 0 aliphatic carbocycles. The van der Waals surface area contributed by atoms with Crippen LogP contribution in [0.25, 0.3) is 11.1 Å². The Bertz CT molecular complexity index is 532. The van der Waals surface area contributed by atoms with Crippen LogP contribution >= 0.6 is 11.6 Å². The third-order valence-electron chi connectivity index (χ3n) is 3.37. The summed E-state index contributed by atoms with van der Waals surface area (Å²) >= 11 is 6.02. The minimum Gasteiger partial charge on any atom is -0.361 e. The third kappa shape index (κ3) is 2.42. The van der Waals surface area contributed by atoms with Crippen LogP contribution in [0.15, 0.2) is 35.0 Å². The number of hydrogen-bond acceptors (Lipinski definition) is 3. The fourth-order valence-electron chi connectivity index (χ4n) is 2.46. The highest BCUT2D eigenvalue weighted by atomic mass is 35.5. The van der Waals surface area contributed by atoms with Crippen LogP contribution in [0.5, 0.6) is 0 Å². The predicted octanol–water partition coefficient (Wildman–Crippen LogP) is 3.29. The summed E-state index contributed by atoms with van der Waals surface area (Å²) in [6, 6.07) is 8.30. The molecule has 0 bridgehead atoms. The maximum absolute atomic E-state index is 6.02. The van der Waals surface area contributed by atoms with Crippen LogP contribution in [0, 0.1) is 0 Å². The lowest BCUT2D eigenvalue weighted by atomic mass is 10.0. The molecule has 0 saturated carbocycles. The van der Waals surface area contributed by atoms with Crippen LogP contribution in [-0.4, -0.2) is 17.7 Å². The molecule has 1 N–H and O–H groups in total. The van der Waals surface area contributed by atoms with Crippen molar-refractivity contribution in [1.82, 2.24) is 10.5 Å². The summed E-state index contributed by atoms with van der Waals surface area (Å²) in [5.41, 5.74) is 2.11. The van der Waals surface area contributed by atoms with Gasteiger partial charge < -0.3 is 9.84 Å². The summed E-state index contributed by atoms with van der Waals surface area (Å²) in [6.07, 6.45) is 5.11. The van der Waals surface area contributed by atoms with Crippen LogP contribution in [0.4, 0.5) is 0 Å². The third-order valence-corrected chi connectivity index (χ3v) is 3.61. The second kappa shape index (κ2) is 5.12. The zero-order chi connectivity index (χ0) is 12.4. The molecule has 2 aromatic rings. The molecule has 3 rings (SSSR count). The SMILES string of the molecule is Clc1cccc(-c2cnoc2CC2CCCN2)c1. The van der Waals surface area contributed by atoms with Gasteiger partial charge in [-0.3, -0.25) is 0 Å². The Morgan fingerprint density at radius 3 is 3.17 bits per heavy atom. The van der Waals surface area contributed by atoms with Gasteiger partial charge in [0.05, 0.1) is 6.20 Å². The normalized spacial score (nSPS) is 19.3. The van der Waals surface area contributed by atoms with Gasteiger partial charge in [0.1, 0.15) is 5.76 Å².